The summed E-state index contributed by atoms with van der Waals surface area (Å²) in [5, 5.41) is 8.51. The first-order valence-electron chi connectivity index (χ1n) is 4.43. The number of urea groups is 1. The summed E-state index contributed by atoms with van der Waals surface area (Å²) >= 11 is 0. The highest BCUT2D eigenvalue weighted by molar-refractivity contribution is 7.51. The van der Waals surface area contributed by atoms with Gasteiger partial charge in [0.1, 0.15) is 12.8 Å². The molecule has 94 valence electrons. The lowest BCUT2D eigenvalue weighted by molar-refractivity contribution is -0.137. The molecule has 0 heterocycles. The molecular weight excluding hydrogens is 239 g/mol. The van der Waals surface area contributed by atoms with E-state index in [0.29, 0.717) is 0 Å². The zero-order valence-electron chi connectivity index (χ0n) is 9.03. The molecule has 0 atom stereocenters. The van der Waals surface area contributed by atoms with Crippen LogP contribution in [0.15, 0.2) is 0 Å². The molecule has 0 aliphatic heterocycles. The molecule has 16 heavy (non-hydrogen) atoms. The van der Waals surface area contributed by atoms with E-state index in [4.69, 9.17) is 14.9 Å². The second-order valence-electron chi connectivity index (χ2n) is 3.19. The maximum absolute atomic E-state index is 11.5. The quantitative estimate of drug-likeness (QED) is 0.573. The standard InChI is InChI=1S/C7H15N2O6P/c1-3-9(4-6(10)11)7(12)8(2)5-16(13,14)15/h3-5H2,1-2H3,(H,10,11)(H2,13,14,15). The van der Waals surface area contributed by atoms with E-state index < -0.39 is 32.4 Å². The van der Waals surface area contributed by atoms with Gasteiger partial charge >= 0.3 is 19.6 Å². The summed E-state index contributed by atoms with van der Waals surface area (Å²) < 4.78 is 10.6. The minimum absolute atomic E-state index is 0.149. The summed E-state index contributed by atoms with van der Waals surface area (Å²) in [5.74, 6) is -1.18. The minimum Gasteiger partial charge on any atom is -0.480 e. The fraction of sp³-hybridized carbons (Fsp3) is 0.714. The number of carbonyl (C=O) groups excluding carboxylic acids is 1. The highest BCUT2D eigenvalue weighted by atomic mass is 31.2. The van der Waals surface area contributed by atoms with Crippen molar-refractivity contribution in [1.82, 2.24) is 9.80 Å². The summed E-state index contributed by atoms with van der Waals surface area (Å²) in [6.07, 6.45) is -0.734. The Morgan fingerprint density at radius 1 is 1.31 bits per heavy atom. The van der Waals surface area contributed by atoms with Crippen molar-refractivity contribution in [3.8, 4) is 0 Å². The van der Waals surface area contributed by atoms with Crippen molar-refractivity contribution in [2.75, 3.05) is 26.4 Å². The maximum Gasteiger partial charge on any atom is 0.344 e. The SMILES string of the molecule is CCN(CC(=O)O)C(=O)N(C)CP(=O)(O)O. The fourth-order valence-corrected chi connectivity index (χ4v) is 1.73. The van der Waals surface area contributed by atoms with Crippen LogP contribution in [0.3, 0.4) is 0 Å². The molecule has 0 aromatic heterocycles. The molecule has 9 heteroatoms. The van der Waals surface area contributed by atoms with Crippen molar-refractivity contribution in [2.45, 2.75) is 6.92 Å². The van der Waals surface area contributed by atoms with Crippen LogP contribution in [0.2, 0.25) is 0 Å². The van der Waals surface area contributed by atoms with Crippen LogP contribution in [0.1, 0.15) is 6.92 Å². The number of carboxylic acid groups (broad SMARTS) is 1. The molecule has 0 fully saturated rings. The number of hydrogen-bond donors (Lipinski definition) is 3. The average Bonchev–Trinajstić information content (AvgIpc) is 2.09. The normalized spacial score (nSPS) is 11.0. The smallest absolute Gasteiger partial charge is 0.344 e. The second-order valence-corrected chi connectivity index (χ2v) is 4.81. The van der Waals surface area contributed by atoms with Gasteiger partial charge in [-0.2, -0.15) is 0 Å². The third-order valence-corrected chi connectivity index (χ3v) is 2.49. The van der Waals surface area contributed by atoms with Gasteiger partial charge in [0.05, 0.1) is 0 Å². The molecule has 0 spiro atoms. The van der Waals surface area contributed by atoms with Gasteiger partial charge in [-0.25, -0.2) is 4.79 Å². The lowest BCUT2D eigenvalue weighted by Gasteiger charge is -2.25. The molecule has 0 bridgehead atoms. The highest BCUT2D eigenvalue weighted by Crippen LogP contribution is 2.34. The fourth-order valence-electron chi connectivity index (χ4n) is 1.06. The Kier molecular flexibility index (Phi) is 5.43. The molecule has 2 amide bonds. The number of carboxylic acids is 1. The monoisotopic (exact) mass is 254 g/mol. The molecule has 0 saturated carbocycles. The van der Waals surface area contributed by atoms with Crippen molar-refractivity contribution in [1.29, 1.82) is 0 Å². The third kappa shape index (κ3) is 5.69. The van der Waals surface area contributed by atoms with Gasteiger partial charge in [0.15, 0.2) is 0 Å². The number of nitrogens with zero attached hydrogens (tertiary/aromatic N) is 2. The Bertz CT molecular complexity index is 314. The topological polar surface area (TPSA) is 118 Å². The van der Waals surface area contributed by atoms with Gasteiger partial charge < -0.3 is 24.7 Å². The van der Waals surface area contributed by atoms with Gasteiger partial charge in [0.2, 0.25) is 0 Å². The first-order chi connectivity index (χ1) is 7.17. The average molecular weight is 254 g/mol. The van der Waals surface area contributed by atoms with Gasteiger partial charge in [-0.1, -0.05) is 0 Å². The van der Waals surface area contributed by atoms with Crippen LogP contribution in [0.5, 0.6) is 0 Å². The highest BCUT2D eigenvalue weighted by Gasteiger charge is 2.24. The van der Waals surface area contributed by atoms with Gasteiger partial charge in [0, 0.05) is 13.6 Å². The second kappa shape index (κ2) is 5.83. The van der Waals surface area contributed by atoms with Gasteiger partial charge in [0.25, 0.3) is 0 Å². The summed E-state index contributed by atoms with van der Waals surface area (Å²) in [6.45, 7) is 1.23. The first kappa shape index (κ1) is 14.9. The van der Waals surface area contributed by atoms with Crippen molar-refractivity contribution in [3.63, 3.8) is 0 Å². The van der Waals surface area contributed by atoms with Crippen molar-refractivity contribution < 1.29 is 29.0 Å². The predicted molar refractivity (Wildman–Crippen MR) is 55.0 cm³/mol. The first-order valence-corrected chi connectivity index (χ1v) is 6.23. The Balaban J connectivity index is 4.50. The summed E-state index contributed by atoms with van der Waals surface area (Å²) in [5.41, 5.74) is 0. The van der Waals surface area contributed by atoms with Crippen LogP contribution in [-0.2, 0) is 9.36 Å². The molecule has 8 nitrogen and oxygen atoms in total. The molecule has 0 saturated heterocycles. The van der Waals surface area contributed by atoms with E-state index in [1.807, 2.05) is 0 Å². The number of carbonyl (C=O) groups is 2. The molecule has 0 radical (unpaired) electrons. The van der Waals surface area contributed by atoms with Crippen LogP contribution < -0.4 is 0 Å². The van der Waals surface area contributed by atoms with Crippen molar-refractivity contribution >= 4 is 19.6 Å². The minimum atomic E-state index is -4.33. The number of likely N-dealkylation sites (N-methyl/N-ethyl adjacent to an activating group) is 1. The number of hydrogen-bond acceptors (Lipinski definition) is 3. The van der Waals surface area contributed by atoms with Crippen molar-refractivity contribution in [3.05, 3.63) is 0 Å². The molecule has 0 aliphatic rings. The molecule has 0 aromatic rings. The van der Waals surface area contributed by atoms with E-state index in [-0.39, 0.29) is 6.54 Å². The number of aliphatic carboxylic acids is 1. The van der Waals surface area contributed by atoms with E-state index in [0.717, 1.165) is 9.80 Å². The van der Waals surface area contributed by atoms with E-state index in [9.17, 15) is 14.2 Å². The predicted octanol–water partition coefficient (Wildman–Crippen LogP) is -0.420. The zero-order chi connectivity index (χ0) is 12.9. The van der Waals surface area contributed by atoms with E-state index in [2.05, 4.69) is 0 Å². The van der Waals surface area contributed by atoms with Crippen LogP contribution in [0.4, 0.5) is 4.79 Å². The largest absolute Gasteiger partial charge is 0.480 e. The number of amides is 2. The Labute approximate surface area is 92.6 Å². The van der Waals surface area contributed by atoms with Crippen LogP contribution >= 0.6 is 7.60 Å². The summed E-state index contributed by atoms with van der Waals surface area (Å²) in [6, 6.07) is -0.728. The lowest BCUT2D eigenvalue weighted by Crippen LogP contribution is -2.43. The van der Waals surface area contributed by atoms with Gasteiger partial charge in [-0.15, -0.1) is 0 Å². The van der Waals surface area contributed by atoms with E-state index in [1.165, 1.54) is 7.05 Å². The summed E-state index contributed by atoms with van der Waals surface area (Å²) in [4.78, 5) is 41.0. The molecule has 0 unspecified atom stereocenters. The van der Waals surface area contributed by atoms with Crippen LogP contribution in [0, 0.1) is 0 Å². The third-order valence-electron chi connectivity index (χ3n) is 1.70. The summed E-state index contributed by atoms with van der Waals surface area (Å²) in [7, 11) is -3.13. The van der Waals surface area contributed by atoms with Crippen LogP contribution in [-0.4, -0.2) is 63.1 Å². The Morgan fingerprint density at radius 3 is 2.12 bits per heavy atom. The van der Waals surface area contributed by atoms with E-state index in [1.54, 1.807) is 6.92 Å². The van der Waals surface area contributed by atoms with Crippen molar-refractivity contribution in [2.24, 2.45) is 0 Å². The van der Waals surface area contributed by atoms with Gasteiger partial charge in [-0.3, -0.25) is 9.36 Å². The molecular formula is C7H15N2O6P. The molecule has 0 aliphatic carbocycles. The molecule has 0 aromatic carbocycles. The zero-order valence-corrected chi connectivity index (χ0v) is 9.92. The van der Waals surface area contributed by atoms with Crippen LogP contribution in [0.25, 0.3) is 0 Å². The number of rotatable bonds is 5. The Morgan fingerprint density at radius 2 is 1.81 bits per heavy atom. The molecule has 3 N–H and O–H groups in total. The molecule has 0 rings (SSSR count). The maximum atomic E-state index is 11.5. The van der Waals surface area contributed by atoms with Gasteiger partial charge in [-0.05, 0) is 6.92 Å². The lowest BCUT2D eigenvalue weighted by atomic mass is 10.5. The Hall–Kier alpha value is -1.11. The van der Waals surface area contributed by atoms with E-state index >= 15 is 0 Å².